The van der Waals surface area contributed by atoms with E-state index in [0.717, 1.165) is 18.7 Å². The number of hydrazone groups is 1. The average molecular weight is 430 g/mol. The number of anilines is 1. The van der Waals surface area contributed by atoms with E-state index in [4.69, 9.17) is 4.74 Å². The standard InChI is InChI=1S/C22H27N3O2S2/c1-3-25(4-2)19-9-5-17(6-10-19)15-23-24-21(26)16-27-20-11-7-18(8-12-20)22-28-13-14-29-22/h5-12,15,22H,3-4,13-14,16H2,1-2H3,(H,24,26)/b23-15-. The van der Waals surface area contributed by atoms with Crippen LogP contribution in [0.25, 0.3) is 0 Å². The number of benzene rings is 2. The molecule has 0 unspecified atom stereocenters. The monoisotopic (exact) mass is 429 g/mol. The molecule has 0 radical (unpaired) electrons. The summed E-state index contributed by atoms with van der Waals surface area (Å²) in [5, 5.41) is 4.01. The molecular weight excluding hydrogens is 402 g/mol. The van der Waals surface area contributed by atoms with Crippen LogP contribution in [0, 0.1) is 0 Å². The summed E-state index contributed by atoms with van der Waals surface area (Å²) >= 11 is 3.94. The third-order valence-electron chi connectivity index (χ3n) is 4.57. The minimum Gasteiger partial charge on any atom is -0.484 e. The summed E-state index contributed by atoms with van der Waals surface area (Å²) in [6.07, 6.45) is 1.63. The van der Waals surface area contributed by atoms with Gasteiger partial charge in [0.1, 0.15) is 5.75 Å². The Morgan fingerprint density at radius 1 is 1.10 bits per heavy atom. The van der Waals surface area contributed by atoms with Crippen molar-refractivity contribution in [1.29, 1.82) is 0 Å². The molecule has 0 spiro atoms. The fourth-order valence-electron chi connectivity index (χ4n) is 2.99. The van der Waals surface area contributed by atoms with Crippen molar-refractivity contribution in [2.75, 3.05) is 36.1 Å². The van der Waals surface area contributed by atoms with Crippen LogP contribution in [0.5, 0.6) is 5.75 Å². The van der Waals surface area contributed by atoms with Gasteiger partial charge in [-0.25, -0.2) is 5.43 Å². The molecule has 1 aliphatic heterocycles. The van der Waals surface area contributed by atoms with Crippen LogP contribution >= 0.6 is 23.5 Å². The maximum Gasteiger partial charge on any atom is 0.277 e. The molecule has 1 N–H and O–H groups in total. The van der Waals surface area contributed by atoms with Gasteiger partial charge in [0, 0.05) is 30.3 Å². The quantitative estimate of drug-likeness (QED) is 0.468. The van der Waals surface area contributed by atoms with E-state index in [1.807, 2.05) is 47.8 Å². The van der Waals surface area contributed by atoms with Gasteiger partial charge in [0.2, 0.25) is 0 Å². The van der Waals surface area contributed by atoms with Crippen molar-refractivity contribution in [2.24, 2.45) is 5.10 Å². The summed E-state index contributed by atoms with van der Waals surface area (Å²) < 4.78 is 6.07. The van der Waals surface area contributed by atoms with E-state index in [1.165, 1.54) is 22.8 Å². The first-order valence-corrected chi connectivity index (χ1v) is 11.9. The minimum atomic E-state index is -0.285. The van der Waals surface area contributed by atoms with Crippen molar-refractivity contribution < 1.29 is 9.53 Å². The number of amides is 1. The Hall–Kier alpha value is -2.12. The lowest BCUT2D eigenvalue weighted by Gasteiger charge is -2.20. The number of nitrogens with one attached hydrogen (secondary N) is 1. The normalized spacial score (nSPS) is 14.3. The molecule has 1 aliphatic rings. The van der Waals surface area contributed by atoms with E-state index in [-0.39, 0.29) is 12.5 Å². The van der Waals surface area contributed by atoms with E-state index in [1.54, 1.807) is 6.21 Å². The van der Waals surface area contributed by atoms with Crippen LogP contribution in [-0.4, -0.2) is 43.3 Å². The highest BCUT2D eigenvalue weighted by atomic mass is 32.2. The van der Waals surface area contributed by atoms with Gasteiger partial charge in [0.15, 0.2) is 6.61 Å². The highest BCUT2D eigenvalue weighted by Gasteiger charge is 2.17. The molecule has 0 aromatic heterocycles. The van der Waals surface area contributed by atoms with Gasteiger partial charge in [-0.15, -0.1) is 23.5 Å². The smallest absolute Gasteiger partial charge is 0.277 e. The topological polar surface area (TPSA) is 53.9 Å². The minimum absolute atomic E-state index is 0.0650. The summed E-state index contributed by atoms with van der Waals surface area (Å²) in [6, 6.07) is 16.1. The number of carbonyl (C=O) groups is 1. The average Bonchev–Trinajstić information content (AvgIpc) is 3.29. The molecule has 0 bridgehead atoms. The first-order valence-electron chi connectivity index (χ1n) is 9.82. The molecule has 1 saturated heterocycles. The summed E-state index contributed by atoms with van der Waals surface area (Å²) in [6.45, 7) is 6.16. The Morgan fingerprint density at radius 3 is 2.38 bits per heavy atom. The highest BCUT2D eigenvalue weighted by Crippen LogP contribution is 2.45. The lowest BCUT2D eigenvalue weighted by Crippen LogP contribution is -2.24. The predicted molar refractivity (Wildman–Crippen MR) is 125 cm³/mol. The first-order chi connectivity index (χ1) is 14.2. The molecule has 0 aliphatic carbocycles. The third kappa shape index (κ3) is 6.44. The Kier molecular flexibility index (Phi) is 8.31. The zero-order chi connectivity index (χ0) is 20.5. The number of ether oxygens (including phenoxy) is 1. The molecule has 5 nitrogen and oxygen atoms in total. The van der Waals surface area contributed by atoms with Crippen LogP contribution in [0.4, 0.5) is 5.69 Å². The van der Waals surface area contributed by atoms with E-state index >= 15 is 0 Å². The predicted octanol–water partition coefficient (Wildman–Crippen LogP) is 4.54. The Balaban J connectivity index is 1.42. The second-order valence-electron chi connectivity index (χ2n) is 6.49. The number of nitrogens with zero attached hydrogens (tertiary/aromatic N) is 2. The molecule has 0 saturated carbocycles. The maximum absolute atomic E-state index is 11.9. The van der Waals surface area contributed by atoms with Crippen LogP contribution in [0.3, 0.4) is 0 Å². The molecule has 1 amide bonds. The molecule has 29 heavy (non-hydrogen) atoms. The largest absolute Gasteiger partial charge is 0.484 e. The SMILES string of the molecule is CCN(CC)c1ccc(/C=N\NC(=O)COc2ccc(C3SCCS3)cc2)cc1. The third-order valence-corrected chi connectivity index (χ3v) is 7.67. The zero-order valence-electron chi connectivity index (χ0n) is 16.8. The van der Waals surface area contributed by atoms with Crippen LogP contribution in [0.15, 0.2) is 53.6 Å². The molecule has 7 heteroatoms. The molecule has 1 heterocycles. The summed E-state index contributed by atoms with van der Waals surface area (Å²) in [5.41, 5.74) is 5.91. The van der Waals surface area contributed by atoms with Gasteiger partial charge in [0.25, 0.3) is 5.91 Å². The van der Waals surface area contributed by atoms with Gasteiger partial charge < -0.3 is 9.64 Å². The Morgan fingerprint density at radius 2 is 1.76 bits per heavy atom. The lowest BCUT2D eigenvalue weighted by atomic mass is 10.2. The zero-order valence-corrected chi connectivity index (χ0v) is 18.5. The van der Waals surface area contributed by atoms with E-state index in [2.05, 4.69) is 53.5 Å². The summed E-state index contributed by atoms with van der Waals surface area (Å²) in [4.78, 5) is 14.2. The van der Waals surface area contributed by atoms with Gasteiger partial charge in [-0.3, -0.25) is 4.79 Å². The fraction of sp³-hybridized carbons (Fsp3) is 0.364. The number of hydrogen-bond acceptors (Lipinski definition) is 6. The van der Waals surface area contributed by atoms with E-state index < -0.39 is 0 Å². The Labute approximate surface area is 181 Å². The summed E-state index contributed by atoms with van der Waals surface area (Å²) in [7, 11) is 0. The highest BCUT2D eigenvalue weighted by molar-refractivity contribution is 8.19. The first kappa shape index (κ1) is 21.6. The lowest BCUT2D eigenvalue weighted by molar-refractivity contribution is -0.123. The van der Waals surface area contributed by atoms with Crippen LogP contribution in [0.2, 0.25) is 0 Å². The Bertz CT molecular complexity index is 800. The second kappa shape index (κ2) is 11.2. The number of hydrogen-bond donors (Lipinski definition) is 1. The van der Waals surface area contributed by atoms with Gasteiger partial charge >= 0.3 is 0 Å². The van der Waals surface area contributed by atoms with Gasteiger partial charge in [-0.2, -0.15) is 5.10 Å². The van der Waals surface area contributed by atoms with Gasteiger partial charge in [-0.1, -0.05) is 24.3 Å². The molecule has 1 fully saturated rings. The van der Waals surface area contributed by atoms with Crippen molar-refractivity contribution in [3.8, 4) is 5.75 Å². The molecule has 2 aromatic carbocycles. The number of carbonyl (C=O) groups excluding carboxylic acids is 1. The molecular formula is C22H27N3O2S2. The van der Waals surface area contributed by atoms with Crippen LogP contribution in [0.1, 0.15) is 29.6 Å². The molecule has 154 valence electrons. The molecule has 2 aromatic rings. The van der Waals surface area contributed by atoms with Crippen LogP contribution in [-0.2, 0) is 4.79 Å². The van der Waals surface area contributed by atoms with Crippen molar-refractivity contribution in [3.63, 3.8) is 0 Å². The van der Waals surface area contributed by atoms with Gasteiger partial charge in [0.05, 0.1) is 10.8 Å². The van der Waals surface area contributed by atoms with Crippen molar-refractivity contribution in [1.82, 2.24) is 5.43 Å². The van der Waals surface area contributed by atoms with E-state index in [9.17, 15) is 4.79 Å². The fourth-order valence-corrected chi connectivity index (χ4v) is 5.85. The van der Waals surface area contributed by atoms with Crippen molar-refractivity contribution in [3.05, 3.63) is 59.7 Å². The van der Waals surface area contributed by atoms with Crippen LogP contribution < -0.4 is 15.1 Å². The van der Waals surface area contributed by atoms with Crippen molar-refractivity contribution >= 4 is 41.3 Å². The second-order valence-corrected chi connectivity index (χ2v) is 9.21. The number of rotatable bonds is 9. The van der Waals surface area contributed by atoms with E-state index in [0.29, 0.717) is 10.3 Å². The van der Waals surface area contributed by atoms with Gasteiger partial charge in [-0.05, 0) is 49.2 Å². The molecule has 0 atom stereocenters. The number of thioether (sulfide) groups is 2. The maximum atomic E-state index is 11.9. The summed E-state index contributed by atoms with van der Waals surface area (Å²) in [5.74, 6) is 2.81. The molecule has 3 rings (SSSR count). The van der Waals surface area contributed by atoms with Crippen molar-refractivity contribution in [2.45, 2.75) is 18.4 Å².